The van der Waals surface area contributed by atoms with Gasteiger partial charge >= 0.3 is 0 Å². The SMILES string of the molecule is COc1cccc(CCNC(=O)Cc2c[nH]c3cc(Cl)ccc23)c1. The first-order valence-corrected chi connectivity index (χ1v) is 8.18. The van der Waals surface area contributed by atoms with Crippen LogP contribution in [0.5, 0.6) is 5.75 Å². The van der Waals surface area contributed by atoms with Gasteiger partial charge in [-0.1, -0.05) is 29.8 Å². The van der Waals surface area contributed by atoms with Gasteiger partial charge in [-0.2, -0.15) is 0 Å². The lowest BCUT2D eigenvalue weighted by molar-refractivity contribution is -0.120. The molecule has 0 aliphatic heterocycles. The normalized spacial score (nSPS) is 10.8. The monoisotopic (exact) mass is 342 g/mol. The molecule has 0 spiro atoms. The molecule has 0 unspecified atom stereocenters. The molecule has 1 heterocycles. The van der Waals surface area contributed by atoms with Gasteiger partial charge in [0.1, 0.15) is 5.75 Å². The number of hydrogen-bond acceptors (Lipinski definition) is 2. The van der Waals surface area contributed by atoms with Crippen LogP contribution >= 0.6 is 11.6 Å². The van der Waals surface area contributed by atoms with Gasteiger partial charge in [0.15, 0.2) is 0 Å². The average Bonchev–Trinajstić information content (AvgIpc) is 2.97. The summed E-state index contributed by atoms with van der Waals surface area (Å²) in [4.78, 5) is 15.3. The largest absolute Gasteiger partial charge is 0.497 e. The van der Waals surface area contributed by atoms with Gasteiger partial charge < -0.3 is 15.0 Å². The highest BCUT2D eigenvalue weighted by Gasteiger charge is 2.09. The van der Waals surface area contributed by atoms with E-state index in [0.717, 1.165) is 34.2 Å². The number of amides is 1. The van der Waals surface area contributed by atoms with Crippen molar-refractivity contribution in [1.82, 2.24) is 10.3 Å². The molecule has 24 heavy (non-hydrogen) atoms. The number of H-pyrrole nitrogens is 1. The van der Waals surface area contributed by atoms with Gasteiger partial charge in [0.05, 0.1) is 13.5 Å². The maximum absolute atomic E-state index is 12.2. The van der Waals surface area contributed by atoms with Crippen LogP contribution in [0, 0.1) is 0 Å². The molecule has 0 bridgehead atoms. The lowest BCUT2D eigenvalue weighted by Gasteiger charge is -2.06. The highest BCUT2D eigenvalue weighted by Crippen LogP contribution is 2.22. The predicted octanol–water partition coefficient (Wildman–Crippen LogP) is 3.73. The van der Waals surface area contributed by atoms with E-state index < -0.39 is 0 Å². The fourth-order valence-electron chi connectivity index (χ4n) is 2.71. The molecule has 3 aromatic rings. The van der Waals surface area contributed by atoms with E-state index >= 15 is 0 Å². The van der Waals surface area contributed by atoms with Crippen molar-refractivity contribution < 1.29 is 9.53 Å². The Morgan fingerprint density at radius 2 is 2.12 bits per heavy atom. The molecule has 124 valence electrons. The van der Waals surface area contributed by atoms with Crippen LogP contribution in [0.15, 0.2) is 48.7 Å². The zero-order chi connectivity index (χ0) is 16.9. The molecule has 3 rings (SSSR count). The van der Waals surface area contributed by atoms with Gasteiger partial charge in [0.2, 0.25) is 5.91 Å². The van der Waals surface area contributed by atoms with Crippen molar-refractivity contribution in [2.75, 3.05) is 13.7 Å². The predicted molar refractivity (Wildman–Crippen MR) is 96.7 cm³/mol. The molecule has 0 aliphatic carbocycles. The maximum atomic E-state index is 12.2. The van der Waals surface area contributed by atoms with Crippen LogP contribution < -0.4 is 10.1 Å². The minimum Gasteiger partial charge on any atom is -0.497 e. The van der Waals surface area contributed by atoms with E-state index in [4.69, 9.17) is 16.3 Å². The Morgan fingerprint density at radius 3 is 2.96 bits per heavy atom. The molecule has 0 atom stereocenters. The van der Waals surface area contributed by atoms with Crippen LogP contribution in [0.4, 0.5) is 0 Å². The highest BCUT2D eigenvalue weighted by molar-refractivity contribution is 6.31. The molecule has 4 nitrogen and oxygen atoms in total. The van der Waals surface area contributed by atoms with Crippen LogP contribution in [0.2, 0.25) is 5.02 Å². The molecule has 5 heteroatoms. The number of hydrogen-bond donors (Lipinski definition) is 2. The van der Waals surface area contributed by atoms with Crippen molar-refractivity contribution >= 4 is 28.4 Å². The number of fused-ring (bicyclic) bond motifs is 1. The van der Waals surface area contributed by atoms with Crippen LogP contribution in [-0.2, 0) is 17.6 Å². The topological polar surface area (TPSA) is 54.1 Å². The summed E-state index contributed by atoms with van der Waals surface area (Å²) in [5.41, 5.74) is 3.05. The highest BCUT2D eigenvalue weighted by atomic mass is 35.5. The second-order valence-corrected chi connectivity index (χ2v) is 6.07. The lowest BCUT2D eigenvalue weighted by Crippen LogP contribution is -2.27. The third-order valence-electron chi connectivity index (χ3n) is 3.95. The minimum absolute atomic E-state index is 0.00810. The molecular weight excluding hydrogens is 324 g/mol. The molecule has 0 saturated carbocycles. The zero-order valence-corrected chi connectivity index (χ0v) is 14.2. The second kappa shape index (κ2) is 7.41. The molecule has 0 aliphatic rings. The standard InChI is InChI=1S/C19H19ClN2O2/c1-24-16-4-2-3-13(9-16)7-8-21-19(23)10-14-12-22-18-11-15(20)5-6-17(14)18/h2-6,9,11-12,22H,7-8,10H2,1H3,(H,21,23). The van der Waals surface area contributed by atoms with Crippen molar-refractivity contribution in [3.8, 4) is 5.75 Å². The number of aromatic amines is 1. The number of carbonyl (C=O) groups excluding carboxylic acids is 1. The first-order valence-electron chi connectivity index (χ1n) is 7.81. The summed E-state index contributed by atoms with van der Waals surface area (Å²) in [5, 5.41) is 4.67. The third-order valence-corrected chi connectivity index (χ3v) is 4.19. The van der Waals surface area contributed by atoms with Crippen LogP contribution in [0.3, 0.4) is 0 Å². The van der Waals surface area contributed by atoms with E-state index in [-0.39, 0.29) is 5.91 Å². The third kappa shape index (κ3) is 3.89. The fourth-order valence-corrected chi connectivity index (χ4v) is 2.89. The summed E-state index contributed by atoms with van der Waals surface area (Å²) in [7, 11) is 1.65. The molecule has 0 fully saturated rings. The first-order chi connectivity index (χ1) is 11.7. The van der Waals surface area contributed by atoms with E-state index in [1.54, 1.807) is 7.11 Å². The van der Waals surface area contributed by atoms with Gasteiger partial charge in [-0.05, 0) is 41.8 Å². The molecule has 0 radical (unpaired) electrons. The van der Waals surface area contributed by atoms with E-state index in [1.807, 2.05) is 48.7 Å². The van der Waals surface area contributed by atoms with E-state index in [2.05, 4.69) is 10.3 Å². The molecule has 2 N–H and O–H groups in total. The van der Waals surface area contributed by atoms with Crippen molar-refractivity contribution in [3.05, 3.63) is 64.8 Å². The fraction of sp³-hybridized carbons (Fsp3) is 0.211. The molecule has 1 amide bonds. The number of ether oxygens (including phenoxy) is 1. The Morgan fingerprint density at radius 1 is 1.25 bits per heavy atom. The number of rotatable bonds is 6. The van der Waals surface area contributed by atoms with Gasteiger partial charge in [-0.15, -0.1) is 0 Å². The maximum Gasteiger partial charge on any atom is 0.224 e. The van der Waals surface area contributed by atoms with Crippen molar-refractivity contribution in [2.45, 2.75) is 12.8 Å². The molecule has 1 aromatic heterocycles. The summed E-state index contributed by atoms with van der Waals surface area (Å²) in [6, 6.07) is 13.5. The van der Waals surface area contributed by atoms with Gasteiger partial charge in [-0.3, -0.25) is 4.79 Å². The quantitative estimate of drug-likeness (QED) is 0.717. The lowest BCUT2D eigenvalue weighted by atomic mass is 10.1. The van der Waals surface area contributed by atoms with Crippen molar-refractivity contribution in [3.63, 3.8) is 0 Å². The number of aromatic nitrogens is 1. The summed E-state index contributed by atoms with van der Waals surface area (Å²) in [6.45, 7) is 0.597. The van der Waals surface area contributed by atoms with Crippen LogP contribution in [0.25, 0.3) is 10.9 Å². The number of methoxy groups -OCH3 is 1. The first kappa shape index (κ1) is 16.4. The second-order valence-electron chi connectivity index (χ2n) is 5.63. The molecule has 2 aromatic carbocycles. The van der Waals surface area contributed by atoms with Gasteiger partial charge in [-0.25, -0.2) is 0 Å². The summed E-state index contributed by atoms with van der Waals surface area (Å²) < 4.78 is 5.20. The number of benzene rings is 2. The number of halogens is 1. The Hall–Kier alpha value is -2.46. The van der Waals surface area contributed by atoms with Crippen molar-refractivity contribution in [1.29, 1.82) is 0 Å². The Labute approximate surface area is 145 Å². The van der Waals surface area contributed by atoms with E-state index in [1.165, 1.54) is 0 Å². The zero-order valence-electron chi connectivity index (χ0n) is 13.4. The van der Waals surface area contributed by atoms with E-state index in [9.17, 15) is 4.79 Å². The van der Waals surface area contributed by atoms with Crippen molar-refractivity contribution in [2.24, 2.45) is 0 Å². The van der Waals surface area contributed by atoms with Crippen LogP contribution in [-0.4, -0.2) is 24.5 Å². The summed E-state index contributed by atoms with van der Waals surface area (Å²) in [6.07, 6.45) is 2.98. The van der Waals surface area contributed by atoms with E-state index in [0.29, 0.717) is 18.0 Å². The number of nitrogens with one attached hydrogen (secondary N) is 2. The van der Waals surface area contributed by atoms with Crippen LogP contribution in [0.1, 0.15) is 11.1 Å². The Balaban J connectivity index is 1.55. The smallest absolute Gasteiger partial charge is 0.224 e. The Bertz CT molecular complexity index is 857. The molecular formula is C19H19ClN2O2. The number of carbonyl (C=O) groups is 1. The average molecular weight is 343 g/mol. The Kier molecular flexibility index (Phi) is 5.06. The molecule has 0 saturated heterocycles. The van der Waals surface area contributed by atoms with Gasteiger partial charge in [0.25, 0.3) is 0 Å². The summed E-state index contributed by atoms with van der Waals surface area (Å²) in [5.74, 6) is 0.838. The minimum atomic E-state index is 0.00810. The van der Waals surface area contributed by atoms with Gasteiger partial charge in [0, 0.05) is 28.7 Å². The summed E-state index contributed by atoms with van der Waals surface area (Å²) >= 11 is 5.97.